The van der Waals surface area contributed by atoms with Gasteiger partial charge in [-0.25, -0.2) is 0 Å². The first-order valence-corrected chi connectivity index (χ1v) is 6.97. The maximum Gasteiger partial charge on any atom is 0.217 e. The molecular formula is C16H8N2OS. The molecule has 94 valence electrons. The van der Waals surface area contributed by atoms with Crippen LogP contribution < -0.4 is 5.43 Å². The first kappa shape index (κ1) is 11.2. The van der Waals surface area contributed by atoms with E-state index in [9.17, 15) is 10.1 Å². The van der Waals surface area contributed by atoms with Crippen molar-refractivity contribution in [2.45, 2.75) is 0 Å². The fourth-order valence-corrected chi connectivity index (χ4v) is 3.75. The average Bonchev–Trinajstić information content (AvgIpc) is 2.88. The first-order chi connectivity index (χ1) is 9.81. The van der Waals surface area contributed by atoms with Crippen molar-refractivity contribution in [3.63, 3.8) is 0 Å². The van der Waals surface area contributed by atoms with Gasteiger partial charge in [0, 0.05) is 16.3 Å². The Morgan fingerprint density at radius 3 is 2.75 bits per heavy atom. The van der Waals surface area contributed by atoms with E-state index in [2.05, 4.69) is 0 Å². The number of fused-ring (bicyclic) bond motifs is 5. The molecule has 0 unspecified atom stereocenters. The van der Waals surface area contributed by atoms with Gasteiger partial charge in [-0.15, -0.1) is 11.3 Å². The molecule has 4 rings (SSSR count). The summed E-state index contributed by atoms with van der Waals surface area (Å²) >= 11 is 1.45. The van der Waals surface area contributed by atoms with Gasteiger partial charge in [0.1, 0.15) is 16.3 Å². The van der Waals surface area contributed by atoms with Gasteiger partial charge in [-0.2, -0.15) is 5.26 Å². The van der Waals surface area contributed by atoms with Gasteiger partial charge in [-0.3, -0.25) is 4.79 Å². The molecule has 3 aromatic heterocycles. The van der Waals surface area contributed by atoms with Crippen LogP contribution in [0.2, 0.25) is 0 Å². The summed E-state index contributed by atoms with van der Waals surface area (Å²) in [5.41, 5.74) is 1.60. The molecule has 1 aromatic carbocycles. The number of benzene rings is 1. The molecule has 0 aliphatic heterocycles. The molecule has 0 atom stereocenters. The molecule has 0 aliphatic carbocycles. The van der Waals surface area contributed by atoms with Gasteiger partial charge in [-0.1, -0.05) is 24.3 Å². The Morgan fingerprint density at radius 1 is 1.10 bits per heavy atom. The molecule has 3 nitrogen and oxygen atoms in total. The third-order valence-electron chi connectivity index (χ3n) is 3.47. The molecule has 0 aliphatic rings. The molecule has 0 saturated heterocycles. The summed E-state index contributed by atoms with van der Waals surface area (Å²) in [7, 11) is 0. The third-order valence-corrected chi connectivity index (χ3v) is 4.63. The number of nitriles is 1. The predicted molar refractivity (Wildman–Crippen MR) is 81.3 cm³/mol. The Morgan fingerprint density at radius 2 is 1.90 bits per heavy atom. The monoisotopic (exact) mass is 276 g/mol. The summed E-state index contributed by atoms with van der Waals surface area (Å²) in [4.78, 5) is 12.5. The Labute approximate surface area is 117 Å². The molecule has 0 amide bonds. The van der Waals surface area contributed by atoms with Crippen LogP contribution in [0.4, 0.5) is 0 Å². The van der Waals surface area contributed by atoms with Crippen molar-refractivity contribution in [1.82, 2.24) is 4.40 Å². The quantitative estimate of drug-likeness (QED) is 0.493. The predicted octanol–water partition coefficient (Wildman–Crippen LogP) is 3.54. The number of aromatic nitrogens is 1. The summed E-state index contributed by atoms with van der Waals surface area (Å²) in [6.45, 7) is 0. The van der Waals surface area contributed by atoms with E-state index in [0.29, 0.717) is 10.2 Å². The van der Waals surface area contributed by atoms with Gasteiger partial charge in [0.2, 0.25) is 5.43 Å². The van der Waals surface area contributed by atoms with Gasteiger partial charge in [0.25, 0.3) is 0 Å². The summed E-state index contributed by atoms with van der Waals surface area (Å²) in [5.74, 6) is 0. The lowest BCUT2D eigenvalue weighted by Crippen LogP contribution is -2.09. The zero-order valence-electron chi connectivity index (χ0n) is 10.3. The Hall–Kier alpha value is -2.64. The molecule has 20 heavy (non-hydrogen) atoms. The minimum Gasteiger partial charge on any atom is -0.314 e. The fraction of sp³-hybridized carbons (Fsp3) is 0. The summed E-state index contributed by atoms with van der Waals surface area (Å²) in [6, 6.07) is 15.5. The highest BCUT2D eigenvalue weighted by Crippen LogP contribution is 2.32. The van der Waals surface area contributed by atoms with Crippen LogP contribution >= 0.6 is 11.3 Å². The van der Waals surface area contributed by atoms with Crippen LogP contribution in [0.1, 0.15) is 5.56 Å². The molecule has 0 saturated carbocycles. The van der Waals surface area contributed by atoms with E-state index in [1.807, 2.05) is 59.1 Å². The summed E-state index contributed by atoms with van der Waals surface area (Å²) < 4.78 is 3.65. The topological polar surface area (TPSA) is 45.3 Å². The molecule has 4 aromatic rings. The van der Waals surface area contributed by atoms with E-state index in [-0.39, 0.29) is 11.0 Å². The van der Waals surface area contributed by atoms with Gasteiger partial charge < -0.3 is 4.40 Å². The number of rotatable bonds is 0. The SMILES string of the molecule is N#Cc1c(=O)c2sc3ccccc3c2n2ccccc12. The summed E-state index contributed by atoms with van der Waals surface area (Å²) in [5, 5.41) is 10.3. The molecule has 0 bridgehead atoms. The van der Waals surface area contributed by atoms with Crippen LogP contribution in [0.15, 0.2) is 53.5 Å². The Balaban J connectivity index is 2.47. The molecule has 0 radical (unpaired) electrons. The van der Waals surface area contributed by atoms with Crippen LogP contribution in [0.3, 0.4) is 0 Å². The van der Waals surface area contributed by atoms with Crippen LogP contribution in [0, 0.1) is 11.3 Å². The minimum atomic E-state index is -0.171. The third kappa shape index (κ3) is 1.30. The lowest BCUT2D eigenvalue weighted by atomic mass is 10.1. The normalized spacial score (nSPS) is 11.2. The Kier molecular flexibility index (Phi) is 2.20. The minimum absolute atomic E-state index is 0.171. The van der Waals surface area contributed by atoms with Crippen molar-refractivity contribution in [3.05, 3.63) is 64.4 Å². The van der Waals surface area contributed by atoms with E-state index in [1.165, 1.54) is 11.3 Å². The van der Waals surface area contributed by atoms with Crippen LogP contribution in [0.5, 0.6) is 0 Å². The van der Waals surface area contributed by atoms with Crippen molar-refractivity contribution >= 4 is 37.2 Å². The average molecular weight is 276 g/mol. The van der Waals surface area contributed by atoms with Crippen LogP contribution in [-0.4, -0.2) is 4.40 Å². The van der Waals surface area contributed by atoms with Gasteiger partial charge in [-0.05, 0) is 18.2 Å². The molecule has 0 fully saturated rings. The lowest BCUT2D eigenvalue weighted by Gasteiger charge is -2.05. The van der Waals surface area contributed by atoms with Crippen molar-refractivity contribution in [2.75, 3.05) is 0 Å². The summed E-state index contributed by atoms with van der Waals surface area (Å²) in [6.07, 6.45) is 1.90. The standard InChI is InChI=1S/C16H8N2OS/c17-9-11-12-6-3-4-8-18(12)14-10-5-1-2-7-13(10)20-16(14)15(11)19/h1-8H. The lowest BCUT2D eigenvalue weighted by molar-refractivity contribution is 1.22. The van der Waals surface area contributed by atoms with Gasteiger partial charge in [0.15, 0.2) is 0 Å². The van der Waals surface area contributed by atoms with Crippen LogP contribution in [0.25, 0.3) is 25.8 Å². The molecule has 0 N–H and O–H groups in total. The van der Waals surface area contributed by atoms with Crippen LogP contribution in [-0.2, 0) is 0 Å². The number of nitrogens with zero attached hydrogens (tertiary/aromatic N) is 2. The fourth-order valence-electron chi connectivity index (χ4n) is 2.60. The molecule has 4 heteroatoms. The zero-order valence-corrected chi connectivity index (χ0v) is 11.1. The van der Waals surface area contributed by atoms with E-state index in [0.717, 1.165) is 15.6 Å². The van der Waals surface area contributed by atoms with E-state index >= 15 is 0 Å². The maximum atomic E-state index is 12.5. The number of hydrogen-bond acceptors (Lipinski definition) is 3. The van der Waals surface area contributed by atoms with Crippen molar-refractivity contribution in [2.24, 2.45) is 0 Å². The molecular weight excluding hydrogens is 268 g/mol. The maximum absolute atomic E-state index is 12.5. The second-order valence-electron chi connectivity index (χ2n) is 4.55. The molecule has 3 heterocycles. The van der Waals surface area contributed by atoms with E-state index in [4.69, 9.17) is 0 Å². The molecule has 0 spiro atoms. The second-order valence-corrected chi connectivity index (χ2v) is 5.60. The zero-order chi connectivity index (χ0) is 13.7. The highest BCUT2D eigenvalue weighted by molar-refractivity contribution is 7.25. The highest BCUT2D eigenvalue weighted by atomic mass is 32.1. The number of pyridine rings is 2. The number of hydrogen-bond donors (Lipinski definition) is 0. The number of thiophene rings is 1. The van der Waals surface area contributed by atoms with Gasteiger partial charge >= 0.3 is 0 Å². The second kappa shape index (κ2) is 3.92. The first-order valence-electron chi connectivity index (χ1n) is 6.16. The largest absolute Gasteiger partial charge is 0.314 e. The smallest absolute Gasteiger partial charge is 0.217 e. The van der Waals surface area contributed by atoms with Crippen molar-refractivity contribution < 1.29 is 0 Å². The van der Waals surface area contributed by atoms with Crippen molar-refractivity contribution in [1.29, 1.82) is 5.26 Å². The van der Waals surface area contributed by atoms with Gasteiger partial charge in [0.05, 0.1) is 11.0 Å². The van der Waals surface area contributed by atoms with Crippen molar-refractivity contribution in [3.8, 4) is 6.07 Å². The van der Waals surface area contributed by atoms with E-state index < -0.39 is 0 Å². The highest BCUT2D eigenvalue weighted by Gasteiger charge is 2.15. The van der Waals surface area contributed by atoms with E-state index in [1.54, 1.807) is 0 Å². The Bertz CT molecular complexity index is 1080.